The molecule has 2 aliphatic rings. The number of fused-ring (bicyclic) bond motifs is 2. The molecule has 0 spiro atoms. The van der Waals surface area contributed by atoms with E-state index in [1.54, 1.807) is 36.7 Å². The Morgan fingerprint density at radius 3 is 1.41 bits per heavy atom. The van der Waals surface area contributed by atoms with Crippen molar-refractivity contribution in [1.82, 2.24) is 30.6 Å². The third-order valence-corrected chi connectivity index (χ3v) is 13.3. The van der Waals surface area contributed by atoms with Gasteiger partial charge in [0, 0.05) is 61.1 Å². The summed E-state index contributed by atoms with van der Waals surface area (Å²) in [5.41, 5.74) is 8.26. The Bertz CT molecular complexity index is 2790. The molecule has 0 bridgehead atoms. The van der Waals surface area contributed by atoms with Crippen LogP contribution in [0.25, 0.3) is 0 Å². The first-order chi connectivity index (χ1) is 34.3. The number of pyridine rings is 4. The lowest BCUT2D eigenvalue weighted by atomic mass is 10.0. The van der Waals surface area contributed by atoms with Gasteiger partial charge < -0.3 is 31.1 Å². The first kappa shape index (κ1) is 52.5. The smallest absolute Gasteiger partial charge is 0.328 e. The number of methoxy groups -OCH3 is 1. The first-order valence-corrected chi connectivity index (χ1v) is 25.0. The van der Waals surface area contributed by atoms with Crippen molar-refractivity contribution in [2.24, 2.45) is 0 Å². The summed E-state index contributed by atoms with van der Waals surface area (Å²) in [5.74, 6) is -0.876. The number of nitrogens with one attached hydrogen (secondary N) is 4. The van der Waals surface area contributed by atoms with E-state index in [-0.39, 0.29) is 44.1 Å². The van der Waals surface area contributed by atoms with Gasteiger partial charge >= 0.3 is 11.9 Å². The number of carbonyl (C=O) groups excluding carboxylic acids is 3. The Labute approximate surface area is 432 Å². The van der Waals surface area contributed by atoms with Gasteiger partial charge in [0.25, 0.3) is 11.8 Å². The first-order valence-electron chi connectivity index (χ1n) is 23.5. The third kappa shape index (κ3) is 14.9. The van der Waals surface area contributed by atoms with E-state index in [2.05, 4.69) is 55.5 Å². The Balaban J connectivity index is 0.000000209. The van der Waals surface area contributed by atoms with Gasteiger partial charge in [0.1, 0.15) is 23.7 Å². The molecule has 18 heteroatoms. The van der Waals surface area contributed by atoms with Gasteiger partial charge in [-0.3, -0.25) is 19.6 Å². The molecular weight excluding hydrogens is 986 g/mol. The van der Waals surface area contributed by atoms with Crippen molar-refractivity contribution in [2.45, 2.75) is 89.1 Å². The Hall–Kier alpha value is -6.32. The summed E-state index contributed by atoms with van der Waals surface area (Å²) in [6.07, 6.45) is 13.3. The van der Waals surface area contributed by atoms with Crippen molar-refractivity contribution in [3.63, 3.8) is 0 Å². The van der Waals surface area contributed by atoms with Crippen molar-refractivity contribution in [2.75, 3.05) is 30.8 Å². The molecule has 2 aromatic carbocycles. The highest BCUT2D eigenvalue weighted by Gasteiger charge is 2.26. The van der Waals surface area contributed by atoms with Crippen LogP contribution in [0.1, 0.15) is 91.4 Å². The Kier molecular flexibility index (Phi) is 19.0. The number of aryl methyl sites for hydroxylation is 6. The monoisotopic (exact) mass is 1040 g/mol. The third-order valence-electron chi connectivity index (χ3n) is 12.1. The quantitative estimate of drug-likeness (QED) is 0.0512. The van der Waals surface area contributed by atoms with E-state index in [0.29, 0.717) is 5.56 Å². The van der Waals surface area contributed by atoms with Crippen LogP contribution < -0.4 is 21.3 Å². The number of rotatable bonds is 18. The molecule has 14 nitrogen and oxygen atoms in total. The fraction of sp³-hybridized carbons (Fsp3) is 0.321. The van der Waals surface area contributed by atoms with E-state index in [0.717, 1.165) is 117 Å². The number of hydrogen-bond acceptors (Lipinski definition) is 11. The van der Waals surface area contributed by atoms with Crippen molar-refractivity contribution < 1.29 is 29.0 Å². The van der Waals surface area contributed by atoms with Crippen LogP contribution in [-0.2, 0) is 65.7 Å². The maximum atomic E-state index is 12.8. The number of carbonyl (C=O) groups is 4. The predicted molar refractivity (Wildman–Crippen MR) is 277 cm³/mol. The predicted octanol–water partition coefficient (Wildman–Crippen LogP) is 9.57. The fourth-order valence-electron chi connectivity index (χ4n) is 8.26. The van der Waals surface area contributed by atoms with Gasteiger partial charge in [-0.05, 0) is 135 Å². The molecule has 0 aliphatic carbocycles. The van der Waals surface area contributed by atoms with Gasteiger partial charge in [-0.1, -0.05) is 82.8 Å². The van der Waals surface area contributed by atoms with Gasteiger partial charge in [-0.25, -0.2) is 19.6 Å². The lowest BCUT2D eigenvalue weighted by Crippen LogP contribution is -2.43. The molecule has 370 valence electrons. The molecular formula is C53H54Cl4N8O6. The summed E-state index contributed by atoms with van der Waals surface area (Å²) < 4.78 is 4.88. The summed E-state index contributed by atoms with van der Waals surface area (Å²) in [6, 6.07) is 23.5. The number of aliphatic carboxylic acids is 1. The van der Waals surface area contributed by atoms with Gasteiger partial charge in [0.2, 0.25) is 0 Å². The number of hydrogen-bond donors (Lipinski definition) is 5. The molecule has 0 fully saturated rings. The Morgan fingerprint density at radius 2 is 1.00 bits per heavy atom. The number of halogens is 4. The number of ether oxygens (including phenoxy) is 1. The van der Waals surface area contributed by atoms with Crippen LogP contribution in [0.2, 0.25) is 20.1 Å². The van der Waals surface area contributed by atoms with Gasteiger partial charge in [0.05, 0.1) is 38.3 Å². The standard InChI is InChI=1S/C27H28Cl2N4O3.C26H26Cl2N4O3/c1-36-27(35)23(33-26(34)24-21(28)8-3-9-22(24)29)15-17-10-12-19(31-16-17)6-2-7-20-13-11-18-5-4-14-30-25(18)32-20;27-20-7-2-8-21(28)23(20)25(33)32-22(26(34)35)14-16-9-11-18(30-15-16)5-1-6-19-12-10-17-4-3-13-29-24(17)31-19/h3,8-13,16,23H,2,4-7,14-15H2,1H3,(H,30,32)(H,33,34);2,7-12,15,22H,1,3-6,13-14H2,(H,29,31)(H,32,33)(H,34,35)/t23-;22-/m00/s1. The van der Waals surface area contributed by atoms with E-state index in [1.807, 2.05) is 24.3 Å². The van der Waals surface area contributed by atoms with E-state index < -0.39 is 35.8 Å². The molecule has 5 N–H and O–H groups in total. The molecule has 8 rings (SSSR count). The maximum absolute atomic E-state index is 12.8. The topological polar surface area (TPSA) is 197 Å². The lowest BCUT2D eigenvalue weighted by Gasteiger charge is -2.18. The number of benzene rings is 2. The van der Waals surface area contributed by atoms with E-state index in [1.165, 1.54) is 30.4 Å². The molecule has 6 heterocycles. The number of nitrogens with zero attached hydrogens (tertiary/aromatic N) is 4. The molecule has 2 atom stereocenters. The average molecular weight is 1040 g/mol. The fourth-order valence-corrected chi connectivity index (χ4v) is 9.40. The number of carboxylic acid groups (broad SMARTS) is 1. The molecule has 2 amide bonds. The van der Waals surface area contributed by atoms with Gasteiger partial charge in [0.15, 0.2) is 0 Å². The molecule has 0 saturated heterocycles. The summed E-state index contributed by atoms with van der Waals surface area (Å²) >= 11 is 24.4. The number of amides is 2. The molecule has 6 aromatic rings. The number of anilines is 2. The summed E-state index contributed by atoms with van der Waals surface area (Å²) in [6.45, 7) is 1.95. The zero-order valence-electron chi connectivity index (χ0n) is 39.1. The van der Waals surface area contributed by atoms with Crippen LogP contribution in [0.3, 0.4) is 0 Å². The van der Waals surface area contributed by atoms with E-state index >= 15 is 0 Å². The minimum atomic E-state index is -1.15. The zero-order chi connectivity index (χ0) is 50.3. The number of carboxylic acids is 1. The van der Waals surface area contributed by atoms with Crippen LogP contribution >= 0.6 is 46.4 Å². The number of aromatic nitrogens is 4. The molecule has 4 aromatic heterocycles. The van der Waals surface area contributed by atoms with Crippen LogP contribution in [-0.4, -0.2) is 81.1 Å². The molecule has 71 heavy (non-hydrogen) atoms. The summed E-state index contributed by atoms with van der Waals surface area (Å²) in [5, 5.41) is 22.3. The highest BCUT2D eigenvalue weighted by Crippen LogP contribution is 2.27. The highest BCUT2D eigenvalue weighted by atomic mass is 35.5. The van der Waals surface area contributed by atoms with Crippen LogP contribution in [0, 0.1) is 0 Å². The minimum absolute atomic E-state index is 0.0553. The second-order valence-corrected chi connectivity index (χ2v) is 18.8. The largest absolute Gasteiger partial charge is 0.480 e. The molecule has 0 saturated carbocycles. The summed E-state index contributed by atoms with van der Waals surface area (Å²) in [4.78, 5) is 68.0. The molecule has 0 radical (unpaired) electrons. The lowest BCUT2D eigenvalue weighted by molar-refractivity contribution is -0.143. The molecule has 0 unspecified atom stereocenters. The normalized spacial score (nSPS) is 13.4. The van der Waals surface area contributed by atoms with Crippen molar-refractivity contribution in [1.29, 1.82) is 0 Å². The number of esters is 1. The highest BCUT2D eigenvalue weighted by molar-refractivity contribution is 6.40. The van der Waals surface area contributed by atoms with E-state index in [9.17, 15) is 24.3 Å². The van der Waals surface area contributed by atoms with Crippen LogP contribution in [0.15, 0.2) is 97.3 Å². The van der Waals surface area contributed by atoms with Crippen molar-refractivity contribution in [3.8, 4) is 0 Å². The van der Waals surface area contributed by atoms with Crippen LogP contribution in [0.5, 0.6) is 0 Å². The van der Waals surface area contributed by atoms with Crippen molar-refractivity contribution in [3.05, 3.63) is 174 Å². The minimum Gasteiger partial charge on any atom is -0.480 e. The zero-order valence-corrected chi connectivity index (χ0v) is 42.1. The molecule has 2 aliphatic heterocycles. The Morgan fingerprint density at radius 1 is 0.592 bits per heavy atom. The summed E-state index contributed by atoms with van der Waals surface area (Å²) in [7, 11) is 1.28. The van der Waals surface area contributed by atoms with Gasteiger partial charge in [-0.15, -0.1) is 0 Å². The van der Waals surface area contributed by atoms with Gasteiger partial charge in [-0.2, -0.15) is 0 Å². The SMILES string of the molecule is COC(=O)[C@H](Cc1ccc(CCCc2ccc3c(n2)NCCC3)nc1)NC(=O)c1c(Cl)cccc1Cl.O=C(N[C@@H](Cc1ccc(CCCc2ccc3c(n2)NCCC3)nc1)C(=O)O)c1c(Cl)cccc1Cl. The van der Waals surface area contributed by atoms with Crippen molar-refractivity contribution >= 4 is 81.8 Å². The average Bonchev–Trinajstić information content (AvgIpc) is 3.36. The second kappa shape index (κ2) is 25.7. The second-order valence-electron chi connectivity index (χ2n) is 17.2. The van der Waals surface area contributed by atoms with E-state index in [4.69, 9.17) is 61.1 Å². The maximum Gasteiger partial charge on any atom is 0.328 e. The van der Waals surface area contributed by atoms with Crippen LogP contribution in [0.4, 0.5) is 11.6 Å².